The van der Waals surface area contributed by atoms with Gasteiger partial charge in [-0.25, -0.2) is 0 Å². The molecule has 0 unspecified atom stereocenters. The molecule has 2 aromatic heterocycles. The topological polar surface area (TPSA) is 46.1 Å². The normalized spacial score (nSPS) is 13.9. The number of allylic oxidation sites excluding steroid dienone is 3. The molecule has 0 saturated carbocycles. The van der Waals surface area contributed by atoms with Crippen LogP contribution in [0.1, 0.15) is 57.5 Å². The molecule has 0 fully saturated rings. The van der Waals surface area contributed by atoms with Gasteiger partial charge in [-0.15, -0.1) is 0 Å². The molecule has 2 heterocycles. The third-order valence-electron chi connectivity index (χ3n) is 12.2. The lowest BCUT2D eigenvalue weighted by molar-refractivity contribution is 0.980. The maximum atomic E-state index is 8.78. The van der Waals surface area contributed by atoms with Crippen LogP contribution in [0.4, 0.5) is 0 Å². The maximum absolute atomic E-state index is 8.78. The van der Waals surface area contributed by atoms with Crippen LogP contribution in [-0.4, -0.2) is 21.1 Å². The van der Waals surface area contributed by atoms with E-state index < -0.39 is 0 Å². The minimum absolute atomic E-state index is 0.424. The van der Waals surface area contributed by atoms with Gasteiger partial charge in [0.2, 0.25) is 0 Å². The van der Waals surface area contributed by atoms with E-state index in [1.165, 1.54) is 71.9 Å². The summed E-state index contributed by atoms with van der Waals surface area (Å²) in [6, 6.07) is 60.3. The molecule has 4 nitrogen and oxygen atoms in total. The predicted molar refractivity (Wildman–Crippen MR) is 253 cm³/mol. The number of benzene rings is 7. The molecular weight excluding hydrogens is 729 g/mol. The number of hydrogen-bond acceptors (Lipinski definition) is 2. The number of rotatable bonds is 8. The van der Waals surface area contributed by atoms with Crippen molar-refractivity contribution >= 4 is 68.1 Å². The molecule has 0 saturated heterocycles. The number of fused-ring (bicyclic) bond motifs is 7. The number of para-hydroxylation sites is 2. The molecule has 11 rings (SSSR count). The largest absolute Gasteiger partial charge is 0.310 e. The van der Waals surface area contributed by atoms with Gasteiger partial charge in [-0.2, -0.15) is 0 Å². The van der Waals surface area contributed by atoms with E-state index in [-0.39, 0.29) is 0 Å². The second-order valence-corrected chi connectivity index (χ2v) is 15.8. The second kappa shape index (κ2) is 15.0. The summed E-state index contributed by atoms with van der Waals surface area (Å²) in [5, 5.41) is 12.6. The fourth-order valence-electron chi connectivity index (χ4n) is 9.24. The molecule has 0 aliphatic heterocycles. The summed E-state index contributed by atoms with van der Waals surface area (Å²) in [6.45, 7) is 0. The average Bonchev–Trinajstić information content (AvgIpc) is 3.83. The van der Waals surface area contributed by atoms with Crippen molar-refractivity contribution in [1.82, 2.24) is 9.13 Å². The van der Waals surface area contributed by atoms with Crippen molar-refractivity contribution < 1.29 is 0 Å². The first kappa shape index (κ1) is 35.6. The summed E-state index contributed by atoms with van der Waals surface area (Å²) in [5.74, 6) is 0. The van der Waals surface area contributed by atoms with Gasteiger partial charge in [-0.1, -0.05) is 133 Å². The number of aromatic nitrogens is 2. The summed E-state index contributed by atoms with van der Waals surface area (Å²) in [4.78, 5) is 4.94. The van der Waals surface area contributed by atoms with Gasteiger partial charge in [0.25, 0.3) is 0 Å². The van der Waals surface area contributed by atoms with E-state index >= 15 is 0 Å². The van der Waals surface area contributed by atoms with Crippen molar-refractivity contribution in [2.45, 2.75) is 25.7 Å². The molecule has 0 spiro atoms. The monoisotopic (exact) mass is 770 g/mol. The van der Waals surface area contributed by atoms with E-state index in [0.717, 1.165) is 53.8 Å². The van der Waals surface area contributed by atoms with Gasteiger partial charge in [0.1, 0.15) is 0 Å². The molecule has 0 bridgehead atoms. The fourth-order valence-corrected chi connectivity index (χ4v) is 9.24. The van der Waals surface area contributed by atoms with E-state index in [0.29, 0.717) is 5.71 Å². The Morgan fingerprint density at radius 2 is 1.25 bits per heavy atom. The van der Waals surface area contributed by atoms with Gasteiger partial charge in [-0.3, -0.25) is 4.99 Å². The zero-order valence-electron chi connectivity index (χ0n) is 33.2. The van der Waals surface area contributed by atoms with Crippen molar-refractivity contribution in [3.63, 3.8) is 0 Å². The highest BCUT2D eigenvalue weighted by molar-refractivity contribution is 6.11. The number of nitrogens with one attached hydrogen (secondary N) is 1. The van der Waals surface area contributed by atoms with E-state index in [1.54, 1.807) is 0 Å². The number of nitrogens with zero attached hydrogens (tertiary/aromatic N) is 3. The van der Waals surface area contributed by atoms with Crippen LogP contribution in [0.3, 0.4) is 0 Å². The SMILES string of the molecule is N=C(/C=C(\N=C\c1ccc(-n2c3c(c4ccccc42)CCC(c2ccc4c(c2)c2ccccc2n4-c2ccc4c(c2)C=CCC4)=C3)cc1)c1ccccc1)c1ccccc1. The summed E-state index contributed by atoms with van der Waals surface area (Å²) < 4.78 is 4.86. The molecule has 4 heteroatoms. The van der Waals surface area contributed by atoms with Gasteiger partial charge in [0, 0.05) is 39.3 Å². The molecule has 9 aromatic rings. The molecule has 0 atom stereocenters. The second-order valence-electron chi connectivity index (χ2n) is 15.8. The van der Waals surface area contributed by atoms with Crippen LogP contribution in [0, 0.1) is 5.41 Å². The Labute approximate surface area is 349 Å². The first-order chi connectivity index (χ1) is 29.7. The Bertz CT molecular complexity index is 3240. The molecule has 286 valence electrons. The number of aryl methyl sites for hydroxylation is 2. The van der Waals surface area contributed by atoms with E-state index in [1.807, 2.05) is 73.0 Å². The molecule has 0 amide bonds. The highest BCUT2D eigenvalue weighted by Gasteiger charge is 2.23. The standard InChI is InChI=1S/C56H42N4/c57-51(40-14-3-1-4-15-40)36-52(41-16-5-2-6-17-41)58-37-38-23-28-45(29-24-38)59-53-21-11-9-19-47(53)49-31-26-44(35-56(49)59)43-27-32-55-50(34-43)48-20-10-12-22-54(48)60(55)46-30-25-39-13-7-8-18-42(39)33-46/h1-6,8-12,14-25,27-30,32-37,57H,7,13,26,31H2/b52-36-,57-51?,58-37+. The van der Waals surface area contributed by atoms with Crippen LogP contribution in [-0.2, 0) is 12.8 Å². The first-order valence-corrected chi connectivity index (χ1v) is 20.9. The molecule has 2 aliphatic rings. The Morgan fingerprint density at radius 3 is 2.05 bits per heavy atom. The van der Waals surface area contributed by atoms with Gasteiger partial charge in [-0.05, 0) is 125 Å². The highest BCUT2D eigenvalue weighted by Crippen LogP contribution is 2.41. The van der Waals surface area contributed by atoms with Crippen molar-refractivity contribution in [2.75, 3.05) is 0 Å². The van der Waals surface area contributed by atoms with Crippen molar-refractivity contribution in [3.8, 4) is 11.4 Å². The first-order valence-electron chi connectivity index (χ1n) is 20.9. The van der Waals surface area contributed by atoms with E-state index in [4.69, 9.17) is 10.4 Å². The molecule has 60 heavy (non-hydrogen) atoms. The summed E-state index contributed by atoms with van der Waals surface area (Å²) in [5.41, 5.74) is 18.0. The Morgan fingerprint density at radius 1 is 0.567 bits per heavy atom. The summed E-state index contributed by atoms with van der Waals surface area (Å²) >= 11 is 0. The number of aliphatic imine (C=N–C) groups is 1. The van der Waals surface area contributed by atoms with Gasteiger partial charge < -0.3 is 14.5 Å². The van der Waals surface area contributed by atoms with Crippen LogP contribution in [0.2, 0.25) is 0 Å². The summed E-state index contributed by atoms with van der Waals surface area (Å²) in [7, 11) is 0. The van der Waals surface area contributed by atoms with Crippen LogP contribution in [0.25, 0.3) is 67.5 Å². The van der Waals surface area contributed by atoms with E-state index in [2.05, 4.69) is 137 Å². The van der Waals surface area contributed by atoms with Gasteiger partial charge in [0.05, 0.1) is 33.7 Å². The third-order valence-corrected chi connectivity index (χ3v) is 12.2. The van der Waals surface area contributed by atoms with Crippen LogP contribution in [0.5, 0.6) is 0 Å². The maximum Gasteiger partial charge on any atom is 0.0723 e. The van der Waals surface area contributed by atoms with Crippen LogP contribution in [0.15, 0.2) is 187 Å². The lowest BCUT2D eigenvalue weighted by atomic mass is 9.90. The Balaban J connectivity index is 0.957. The quantitative estimate of drug-likeness (QED) is 0.150. The smallest absolute Gasteiger partial charge is 0.0723 e. The molecule has 7 aromatic carbocycles. The van der Waals surface area contributed by atoms with Crippen LogP contribution >= 0.6 is 0 Å². The zero-order chi connectivity index (χ0) is 40.0. The number of hydrogen-bond donors (Lipinski definition) is 1. The molecular formula is C56H42N4. The van der Waals surface area contributed by atoms with Crippen molar-refractivity contribution in [1.29, 1.82) is 5.41 Å². The lowest BCUT2D eigenvalue weighted by Crippen LogP contribution is -2.03. The minimum Gasteiger partial charge on any atom is -0.310 e. The van der Waals surface area contributed by atoms with Crippen LogP contribution < -0.4 is 0 Å². The van der Waals surface area contributed by atoms with Crippen molar-refractivity contribution in [3.05, 3.63) is 227 Å². The Kier molecular flexibility index (Phi) is 8.89. The summed E-state index contributed by atoms with van der Waals surface area (Å²) in [6.07, 6.45) is 14.9. The van der Waals surface area contributed by atoms with E-state index in [9.17, 15) is 0 Å². The third kappa shape index (κ3) is 6.34. The lowest BCUT2D eigenvalue weighted by Gasteiger charge is -2.18. The fraction of sp³-hybridized carbons (Fsp3) is 0.0714. The molecule has 2 aliphatic carbocycles. The average molecular weight is 771 g/mol. The highest BCUT2D eigenvalue weighted by atomic mass is 15.0. The minimum atomic E-state index is 0.424. The molecule has 1 N–H and O–H groups in total. The molecule has 0 radical (unpaired) electrons. The predicted octanol–water partition coefficient (Wildman–Crippen LogP) is 13.7. The zero-order valence-corrected chi connectivity index (χ0v) is 33.2. The van der Waals surface area contributed by atoms with Crippen molar-refractivity contribution in [2.24, 2.45) is 4.99 Å². The Hall–Kier alpha value is -7.56. The van der Waals surface area contributed by atoms with Gasteiger partial charge >= 0.3 is 0 Å². The van der Waals surface area contributed by atoms with Gasteiger partial charge in [0.15, 0.2) is 0 Å².